The average Bonchev–Trinajstić information content (AvgIpc) is 2.70. The van der Waals surface area contributed by atoms with Crippen molar-refractivity contribution in [3.05, 3.63) is 0 Å². The predicted molar refractivity (Wildman–Crippen MR) is 84.5 cm³/mol. The highest BCUT2D eigenvalue weighted by molar-refractivity contribution is 5.85. The number of nitrogens with zero attached hydrogens (tertiary/aromatic N) is 1. The Kier molecular flexibility index (Phi) is 5.25. The highest BCUT2D eigenvalue weighted by atomic mass is 16.1. The van der Waals surface area contributed by atoms with E-state index in [-0.39, 0.29) is 17.4 Å². The van der Waals surface area contributed by atoms with Crippen LogP contribution in [0, 0.1) is 5.41 Å². The molecule has 4 nitrogen and oxygen atoms in total. The van der Waals surface area contributed by atoms with Gasteiger partial charge in [-0.25, -0.2) is 0 Å². The molecule has 0 saturated heterocycles. The maximum atomic E-state index is 11.9. The molecule has 0 aliphatic heterocycles. The lowest BCUT2D eigenvalue weighted by Gasteiger charge is -2.39. The van der Waals surface area contributed by atoms with Crippen LogP contribution in [0.4, 0.5) is 0 Å². The summed E-state index contributed by atoms with van der Waals surface area (Å²) in [4.78, 5) is 14.4. The van der Waals surface area contributed by atoms with Gasteiger partial charge in [0.15, 0.2) is 0 Å². The number of nitrogens with one attached hydrogen (secondary N) is 1. The number of hydrogen-bond acceptors (Lipinski definition) is 3. The van der Waals surface area contributed by atoms with Crippen LogP contribution in [0.3, 0.4) is 0 Å². The van der Waals surface area contributed by atoms with Gasteiger partial charge in [-0.1, -0.05) is 20.8 Å². The van der Waals surface area contributed by atoms with Gasteiger partial charge >= 0.3 is 0 Å². The Morgan fingerprint density at radius 2 is 1.90 bits per heavy atom. The molecule has 0 spiro atoms. The molecule has 3 unspecified atom stereocenters. The highest BCUT2D eigenvalue weighted by Gasteiger charge is 2.46. The summed E-state index contributed by atoms with van der Waals surface area (Å²) >= 11 is 0. The molecule has 0 aromatic heterocycles. The molecule has 1 aliphatic carbocycles. The number of carbonyl (C=O) groups is 1. The van der Waals surface area contributed by atoms with Gasteiger partial charge in [-0.15, -0.1) is 0 Å². The minimum absolute atomic E-state index is 0.203. The quantitative estimate of drug-likeness (QED) is 0.812. The molecule has 1 rings (SSSR count). The SMILES string of the molecule is CC(C)NC1(C(N)=O)CCC(N(C)C(C)C(C)(C)C)C1. The van der Waals surface area contributed by atoms with Gasteiger partial charge in [-0.3, -0.25) is 4.79 Å². The Labute approximate surface area is 124 Å². The molecular formula is C16H33N3O. The van der Waals surface area contributed by atoms with E-state index in [0.717, 1.165) is 19.3 Å². The van der Waals surface area contributed by atoms with E-state index in [0.29, 0.717) is 12.1 Å². The molecule has 1 amide bonds. The van der Waals surface area contributed by atoms with E-state index >= 15 is 0 Å². The Balaban J connectivity index is 2.81. The molecule has 4 heteroatoms. The topological polar surface area (TPSA) is 58.4 Å². The van der Waals surface area contributed by atoms with Gasteiger partial charge in [-0.2, -0.15) is 0 Å². The maximum Gasteiger partial charge on any atom is 0.237 e. The Bertz CT molecular complexity index is 348. The van der Waals surface area contributed by atoms with E-state index < -0.39 is 5.54 Å². The zero-order valence-electron chi connectivity index (χ0n) is 14.3. The van der Waals surface area contributed by atoms with Crippen LogP contribution in [-0.4, -0.2) is 41.5 Å². The summed E-state index contributed by atoms with van der Waals surface area (Å²) in [5, 5.41) is 3.42. The summed E-state index contributed by atoms with van der Waals surface area (Å²) in [5.74, 6) is -0.203. The molecule has 0 bridgehead atoms. The normalized spacial score (nSPS) is 29.1. The zero-order chi connectivity index (χ0) is 15.7. The lowest BCUT2D eigenvalue weighted by atomic mass is 9.86. The summed E-state index contributed by atoms with van der Waals surface area (Å²) in [6, 6.07) is 1.16. The molecule has 0 aromatic rings. The van der Waals surface area contributed by atoms with Crippen molar-refractivity contribution >= 4 is 5.91 Å². The van der Waals surface area contributed by atoms with Gasteiger partial charge in [0, 0.05) is 18.1 Å². The van der Waals surface area contributed by atoms with E-state index in [2.05, 4.69) is 58.8 Å². The zero-order valence-corrected chi connectivity index (χ0v) is 14.3. The summed E-state index contributed by atoms with van der Waals surface area (Å²) in [6.07, 6.45) is 2.68. The van der Waals surface area contributed by atoms with Crippen LogP contribution in [0.1, 0.15) is 60.8 Å². The number of hydrogen-bond donors (Lipinski definition) is 2. The highest BCUT2D eigenvalue weighted by Crippen LogP contribution is 2.36. The van der Waals surface area contributed by atoms with E-state index in [9.17, 15) is 4.79 Å². The minimum atomic E-state index is -0.523. The summed E-state index contributed by atoms with van der Waals surface area (Å²) in [6.45, 7) is 13.2. The second-order valence-corrected chi connectivity index (χ2v) is 7.85. The van der Waals surface area contributed by atoms with Gasteiger partial charge in [0.1, 0.15) is 0 Å². The summed E-state index contributed by atoms with van der Waals surface area (Å²) in [7, 11) is 2.17. The minimum Gasteiger partial charge on any atom is -0.368 e. The molecule has 3 N–H and O–H groups in total. The van der Waals surface area contributed by atoms with Crippen molar-refractivity contribution in [3.63, 3.8) is 0 Å². The van der Waals surface area contributed by atoms with Gasteiger partial charge in [0.2, 0.25) is 5.91 Å². The number of primary amides is 1. The molecule has 1 aliphatic rings. The third-order valence-corrected chi connectivity index (χ3v) is 4.97. The van der Waals surface area contributed by atoms with E-state index in [1.807, 2.05) is 0 Å². The first-order chi connectivity index (χ1) is 8.99. The van der Waals surface area contributed by atoms with Crippen molar-refractivity contribution in [2.75, 3.05) is 7.05 Å². The van der Waals surface area contributed by atoms with Gasteiger partial charge in [-0.05, 0) is 52.5 Å². The Morgan fingerprint density at radius 3 is 2.30 bits per heavy atom. The van der Waals surface area contributed by atoms with Gasteiger partial charge in [0.05, 0.1) is 5.54 Å². The average molecular weight is 283 g/mol. The summed E-state index contributed by atoms with van der Waals surface area (Å²) in [5.41, 5.74) is 5.40. The van der Waals surface area contributed by atoms with Gasteiger partial charge < -0.3 is 16.0 Å². The van der Waals surface area contributed by atoms with Crippen molar-refractivity contribution in [1.29, 1.82) is 0 Å². The van der Waals surface area contributed by atoms with Crippen LogP contribution >= 0.6 is 0 Å². The molecule has 1 saturated carbocycles. The predicted octanol–water partition coefficient (Wildman–Crippen LogP) is 2.13. The van der Waals surface area contributed by atoms with Crippen LogP contribution in [0.5, 0.6) is 0 Å². The molecule has 0 radical (unpaired) electrons. The lowest BCUT2D eigenvalue weighted by Crippen LogP contribution is -2.57. The van der Waals surface area contributed by atoms with E-state index in [1.54, 1.807) is 0 Å². The monoisotopic (exact) mass is 283 g/mol. The Hall–Kier alpha value is -0.610. The smallest absolute Gasteiger partial charge is 0.237 e. The van der Waals surface area contributed by atoms with Crippen molar-refractivity contribution in [2.45, 2.75) is 84.5 Å². The van der Waals surface area contributed by atoms with Crippen molar-refractivity contribution in [1.82, 2.24) is 10.2 Å². The number of amides is 1. The van der Waals surface area contributed by atoms with Crippen molar-refractivity contribution in [3.8, 4) is 0 Å². The molecule has 0 aromatic carbocycles. The molecule has 118 valence electrons. The van der Waals surface area contributed by atoms with Crippen molar-refractivity contribution in [2.24, 2.45) is 11.1 Å². The molecule has 0 heterocycles. The molecular weight excluding hydrogens is 250 g/mol. The van der Waals surface area contributed by atoms with E-state index in [4.69, 9.17) is 5.73 Å². The Morgan fingerprint density at radius 1 is 1.35 bits per heavy atom. The number of nitrogens with two attached hydrogens (primary N) is 1. The first kappa shape index (κ1) is 17.4. The van der Waals surface area contributed by atoms with E-state index in [1.165, 1.54) is 0 Å². The second kappa shape index (κ2) is 6.02. The first-order valence-corrected chi connectivity index (χ1v) is 7.79. The number of rotatable bonds is 5. The largest absolute Gasteiger partial charge is 0.368 e. The number of carbonyl (C=O) groups excluding carboxylic acids is 1. The van der Waals surface area contributed by atoms with Crippen molar-refractivity contribution < 1.29 is 4.79 Å². The third kappa shape index (κ3) is 3.73. The van der Waals surface area contributed by atoms with Crippen LogP contribution < -0.4 is 11.1 Å². The fraction of sp³-hybridized carbons (Fsp3) is 0.938. The third-order valence-electron chi connectivity index (χ3n) is 4.97. The molecule has 20 heavy (non-hydrogen) atoms. The molecule has 1 fully saturated rings. The fourth-order valence-electron chi connectivity index (χ4n) is 3.27. The first-order valence-electron chi connectivity index (χ1n) is 7.79. The second-order valence-electron chi connectivity index (χ2n) is 7.85. The molecule has 3 atom stereocenters. The lowest BCUT2D eigenvalue weighted by molar-refractivity contribution is -0.124. The fourth-order valence-corrected chi connectivity index (χ4v) is 3.27. The van der Waals surface area contributed by atoms with Crippen LogP contribution in [0.2, 0.25) is 0 Å². The van der Waals surface area contributed by atoms with Gasteiger partial charge in [0.25, 0.3) is 0 Å². The van der Waals surface area contributed by atoms with Crippen LogP contribution in [-0.2, 0) is 4.79 Å². The summed E-state index contributed by atoms with van der Waals surface area (Å²) < 4.78 is 0. The standard InChI is InChI=1S/C16H33N3O/c1-11(2)18-16(14(17)20)9-8-13(10-16)19(7)12(3)15(4,5)6/h11-13,18H,8-10H2,1-7H3,(H2,17,20). The van der Waals surface area contributed by atoms with Crippen LogP contribution in [0.25, 0.3) is 0 Å². The van der Waals surface area contributed by atoms with Crippen LogP contribution in [0.15, 0.2) is 0 Å². The maximum absolute atomic E-state index is 11.9.